The maximum Gasteiger partial charge on any atom is 0.245 e. The highest BCUT2D eigenvalue weighted by Gasteiger charge is 2.42. The first kappa shape index (κ1) is 12.0. The first-order valence-corrected chi connectivity index (χ1v) is 7.23. The van der Waals surface area contributed by atoms with Crippen LogP contribution in [0.4, 0.5) is 0 Å². The number of amides is 2. The molecule has 18 heavy (non-hydrogen) atoms. The number of piperazine rings is 1. The molecule has 0 aromatic heterocycles. The topological polar surface area (TPSA) is 40.6 Å². The number of rotatable bonds is 2. The molecule has 1 aliphatic carbocycles. The summed E-state index contributed by atoms with van der Waals surface area (Å²) in [6.45, 7) is 4.19. The summed E-state index contributed by atoms with van der Waals surface area (Å²) in [5.41, 5.74) is 0. The van der Waals surface area contributed by atoms with E-state index in [2.05, 4.69) is 6.92 Å². The molecule has 2 aliphatic heterocycles. The molecule has 0 N–H and O–H groups in total. The molecule has 2 amide bonds. The highest BCUT2D eigenvalue weighted by atomic mass is 16.2. The lowest BCUT2D eigenvalue weighted by Crippen LogP contribution is -2.58. The molecule has 4 nitrogen and oxygen atoms in total. The Labute approximate surface area is 108 Å². The Morgan fingerprint density at radius 3 is 2.78 bits per heavy atom. The van der Waals surface area contributed by atoms with Crippen LogP contribution in [0, 0.1) is 11.8 Å². The van der Waals surface area contributed by atoms with Gasteiger partial charge in [-0.1, -0.05) is 13.3 Å². The van der Waals surface area contributed by atoms with Gasteiger partial charge in [0.25, 0.3) is 0 Å². The van der Waals surface area contributed by atoms with Gasteiger partial charge in [-0.2, -0.15) is 0 Å². The normalized spacial score (nSPS) is 36.4. The SMILES string of the molecule is CC1CCC(CN2CC(=O)N3CCCC3C2=O)C1. The van der Waals surface area contributed by atoms with Crippen molar-refractivity contribution in [3.63, 3.8) is 0 Å². The van der Waals surface area contributed by atoms with Crippen LogP contribution in [0.2, 0.25) is 0 Å². The van der Waals surface area contributed by atoms with Crippen molar-refractivity contribution in [3.8, 4) is 0 Å². The molecule has 4 heteroatoms. The molecule has 3 rings (SSSR count). The molecule has 1 saturated carbocycles. The van der Waals surface area contributed by atoms with Crippen LogP contribution >= 0.6 is 0 Å². The first-order valence-electron chi connectivity index (χ1n) is 7.23. The molecular formula is C14H22N2O2. The van der Waals surface area contributed by atoms with E-state index in [1.165, 1.54) is 19.3 Å². The van der Waals surface area contributed by atoms with Gasteiger partial charge in [-0.3, -0.25) is 9.59 Å². The van der Waals surface area contributed by atoms with Crippen LogP contribution in [0.5, 0.6) is 0 Å². The first-order chi connectivity index (χ1) is 8.65. The molecule has 0 radical (unpaired) electrons. The van der Waals surface area contributed by atoms with Gasteiger partial charge in [0, 0.05) is 13.1 Å². The number of carbonyl (C=O) groups excluding carboxylic acids is 2. The van der Waals surface area contributed by atoms with Gasteiger partial charge in [0.05, 0.1) is 6.54 Å². The highest BCUT2D eigenvalue weighted by Crippen LogP contribution is 2.32. The number of carbonyl (C=O) groups is 2. The predicted octanol–water partition coefficient (Wildman–Crippen LogP) is 1.26. The third-order valence-electron chi connectivity index (χ3n) is 4.78. The van der Waals surface area contributed by atoms with E-state index in [4.69, 9.17) is 0 Å². The second-order valence-electron chi connectivity index (χ2n) is 6.25. The zero-order valence-electron chi connectivity index (χ0n) is 11.1. The third-order valence-corrected chi connectivity index (χ3v) is 4.78. The molecule has 0 aromatic rings. The quantitative estimate of drug-likeness (QED) is 0.740. The van der Waals surface area contributed by atoms with Gasteiger partial charge in [0.1, 0.15) is 6.04 Å². The van der Waals surface area contributed by atoms with Crippen LogP contribution in [0.15, 0.2) is 0 Å². The molecule has 100 valence electrons. The van der Waals surface area contributed by atoms with Crippen molar-refractivity contribution in [1.82, 2.24) is 9.80 Å². The second kappa shape index (κ2) is 4.56. The van der Waals surface area contributed by atoms with Crippen molar-refractivity contribution in [2.24, 2.45) is 11.8 Å². The average Bonchev–Trinajstić information content (AvgIpc) is 2.95. The molecule has 0 aromatic carbocycles. The Morgan fingerprint density at radius 1 is 1.22 bits per heavy atom. The monoisotopic (exact) mass is 250 g/mol. The molecule has 3 atom stereocenters. The van der Waals surface area contributed by atoms with Gasteiger partial charge in [-0.05, 0) is 37.5 Å². The molecular weight excluding hydrogens is 228 g/mol. The Bertz CT molecular complexity index is 369. The van der Waals surface area contributed by atoms with E-state index in [1.807, 2.05) is 4.90 Å². The fourth-order valence-corrected chi connectivity index (χ4v) is 3.82. The summed E-state index contributed by atoms with van der Waals surface area (Å²) in [4.78, 5) is 28.0. The molecule has 0 bridgehead atoms. The summed E-state index contributed by atoms with van der Waals surface area (Å²) < 4.78 is 0. The summed E-state index contributed by atoms with van der Waals surface area (Å²) in [6, 6.07) is -0.134. The zero-order chi connectivity index (χ0) is 12.7. The van der Waals surface area contributed by atoms with Gasteiger partial charge in [0.15, 0.2) is 0 Å². The molecule has 3 unspecified atom stereocenters. The Hall–Kier alpha value is -1.06. The van der Waals surface area contributed by atoms with Gasteiger partial charge in [0.2, 0.25) is 11.8 Å². The minimum absolute atomic E-state index is 0.134. The molecule has 2 saturated heterocycles. The minimum Gasteiger partial charge on any atom is -0.331 e. The summed E-state index contributed by atoms with van der Waals surface area (Å²) in [7, 11) is 0. The Kier molecular flexibility index (Phi) is 3.04. The van der Waals surface area contributed by atoms with E-state index in [-0.39, 0.29) is 17.9 Å². The lowest BCUT2D eigenvalue weighted by molar-refractivity contribution is -0.154. The second-order valence-corrected chi connectivity index (χ2v) is 6.25. The van der Waals surface area contributed by atoms with E-state index in [9.17, 15) is 9.59 Å². The summed E-state index contributed by atoms with van der Waals surface area (Å²) in [5.74, 6) is 1.76. The van der Waals surface area contributed by atoms with Crippen molar-refractivity contribution in [1.29, 1.82) is 0 Å². The van der Waals surface area contributed by atoms with Gasteiger partial charge < -0.3 is 9.80 Å². The molecule has 3 aliphatic rings. The smallest absolute Gasteiger partial charge is 0.245 e. The predicted molar refractivity (Wildman–Crippen MR) is 67.8 cm³/mol. The van der Waals surface area contributed by atoms with E-state index in [1.54, 1.807) is 4.90 Å². The summed E-state index contributed by atoms with van der Waals surface area (Å²) in [5, 5.41) is 0. The fourth-order valence-electron chi connectivity index (χ4n) is 3.82. The summed E-state index contributed by atoms with van der Waals surface area (Å²) in [6.07, 6.45) is 5.55. The number of hydrogen-bond acceptors (Lipinski definition) is 2. The Morgan fingerprint density at radius 2 is 2.06 bits per heavy atom. The standard InChI is InChI=1S/C14H22N2O2/c1-10-4-5-11(7-10)8-15-9-13(17)16-6-2-3-12(16)14(15)18/h10-12H,2-9H2,1H3. The maximum atomic E-state index is 12.4. The molecule has 0 spiro atoms. The van der Waals surface area contributed by atoms with Gasteiger partial charge in [-0.25, -0.2) is 0 Å². The molecule has 3 fully saturated rings. The number of nitrogens with zero attached hydrogens (tertiary/aromatic N) is 2. The zero-order valence-corrected chi connectivity index (χ0v) is 11.1. The average molecular weight is 250 g/mol. The van der Waals surface area contributed by atoms with Crippen molar-refractivity contribution in [3.05, 3.63) is 0 Å². The van der Waals surface area contributed by atoms with E-state index < -0.39 is 0 Å². The van der Waals surface area contributed by atoms with Crippen LogP contribution < -0.4 is 0 Å². The number of hydrogen-bond donors (Lipinski definition) is 0. The van der Waals surface area contributed by atoms with Crippen LogP contribution in [0.3, 0.4) is 0 Å². The lowest BCUT2D eigenvalue weighted by Gasteiger charge is -2.37. The van der Waals surface area contributed by atoms with Crippen molar-refractivity contribution in [2.45, 2.75) is 45.1 Å². The van der Waals surface area contributed by atoms with Gasteiger partial charge in [-0.15, -0.1) is 0 Å². The Balaban J connectivity index is 1.65. The van der Waals surface area contributed by atoms with E-state index in [0.717, 1.165) is 31.8 Å². The van der Waals surface area contributed by atoms with Gasteiger partial charge >= 0.3 is 0 Å². The van der Waals surface area contributed by atoms with Crippen molar-refractivity contribution >= 4 is 11.8 Å². The fraction of sp³-hybridized carbons (Fsp3) is 0.857. The third kappa shape index (κ3) is 2.02. The van der Waals surface area contributed by atoms with Crippen molar-refractivity contribution in [2.75, 3.05) is 19.6 Å². The van der Waals surface area contributed by atoms with Crippen LogP contribution in [-0.2, 0) is 9.59 Å². The van der Waals surface area contributed by atoms with E-state index in [0.29, 0.717) is 12.5 Å². The highest BCUT2D eigenvalue weighted by molar-refractivity contribution is 5.95. The lowest BCUT2D eigenvalue weighted by atomic mass is 10.0. The minimum atomic E-state index is -0.134. The van der Waals surface area contributed by atoms with Crippen molar-refractivity contribution < 1.29 is 9.59 Å². The van der Waals surface area contributed by atoms with Crippen LogP contribution in [0.1, 0.15) is 39.0 Å². The van der Waals surface area contributed by atoms with E-state index >= 15 is 0 Å². The van der Waals surface area contributed by atoms with Crippen LogP contribution in [0.25, 0.3) is 0 Å². The van der Waals surface area contributed by atoms with Crippen LogP contribution in [-0.4, -0.2) is 47.3 Å². The summed E-state index contributed by atoms with van der Waals surface area (Å²) >= 11 is 0. The maximum absolute atomic E-state index is 12.4. The number of fused-ring (bicyclic) bond motifs is 1. The molecule has 2 heterocycles. The largest absolute Gasteiger partial charge is 0.331 e.